The molecular weight excluding hydrogens is 501 g/mol. The van der Waals surface area contributed by atoms with Crippen LogP contribution >= 0.6 is 0 Å². The molecule has 3 aromatic rings. The predicted octanol–water partition coefficient (Wildman–Crippen LogP) is 4.09. The van der Waals surface area contributed by atoms with Gasteiger partial charge >= 0.3 is 12.2 Å². The van der Waals surface area contributed by atoms with Crippen molar-refractivity contribution < 1.29 is 27.4 Å². The van der Waals surface area contributed by atoms with Gasteiger partial charge in [0, 0.05) is 38.6 Å². The molecule has 9 nitrogen and oxygen atoms in total. The largest absolute Gasteiger partial charge is 0.416 e. The standard InChI is InChI=1S/C26H29F3N6O3/c1-17-3-4-19(31-25(36)35-9-12-38-23(16-35)26(27,28)29)15-20(17)18-13-21(22-5-6-30-33(22)2)32-24(14-18)34-7-10-37-11-8-34/h3-6,13-15,23H,7-12,16H2,1-2H3,(H,31,36). The number of anilines is 2. The Morgan fingerprint density at radius 2 is 1.87 bits per heavy atom. The van der Waals surface area contributed by atoms with Crippen LogP contribution in [-0.2, 0) is 16.5 Å². The van der Waals surface area contributed by atoms with Crippen LogP contribution < -0.4 is 10.2 Å². The van der Waals surface area contributed by atoms with Gasteiger partial charge in [-0.15, -0.1) is 0 Å². The lowest BCUT2D eigenvalue weighted by Crippen LogP contribution is -2.52. The van der Waals surface area contributed by atoms with E-state index in [-0.39, 0.29) is 13.2 Å². The van der Waals surface area contributed by atoms with Gasteiger partial charge in [-0.2, -0.15) is 18.3 Å². The Morgan fingerprint density at radius 1 is 1.08 bits per heavy atom. The number of urea groups is 1. The zero-order valence-electron chi connectivity index (χ0n) is 21.2. The number of pyridine rings is 1. The molecule has 2 amide bonds. The number of hydrogen-bond donors (Lipinski definition) is 1. The Bertz CT molecular complexity index is 1310. The highest BCUT2D eigenvalue weighted by Gasteiger charge is 2.44. The molecule has 2 fully saturated rings. The fourth-order valence-corrected chi connectivity index (χ4v) is 4.63. The van der Waals surface area contributed by atoms with Crippen molar-refractivity contribution in [2.45, 2.75) is 19.2 Å². The van der Waals surface area contributed by atoms with Crippen molar-refractivity contribution >= 4 is 17.5 Å². The monoisotopic (exact) mass is 530 g/mol. The first-order valence-electron chi connectivity index (χ1n) is 12.4. The Balaban J connectivity index is 1.45. The van der Waals surface area contributed by atoms with Gasteiger partial charge in [0.05, 0.1) is 37.8 Å². The minimum absolute atomic E-state index is 0.0818. The molecule has 0 aliphatic carbocycles. The third kappa shape index (κ3) is 5.60. The van der Waals surface area contributed by atoms with E-state index in [0.29, 0.717) is 18.9 Å². The zero-order chi connectivity index (χ0) is 26.9. The quantitative estimate of drug-likeness (QED) is 0.547. The number of nitrogens with zero attached hydrogens (tertiary/aromatic N) is 5. The summed E-state index contributed by atoms with van der Waals surface area (Å²) in [6, 6.07) is 10.7. The van der Waals surface area contributed by atoms with Crippen LogP contribution in [0.2, 0.25) is 0 Å². The van der Waals surface area contributed by atoms with Gasteiger partial charge in [0.15, 0.2) is 6.10 Å². The lowest BCUT2D eigenvalue weighted by molar-refractivity contribution is -0.233. The molecule has 12 heteroatoms. The lowest BCUT2D eigenvalue weighted by atomic mass is 9.99. The molecule has 1 unspecified atom stereocenters. The molecule has 0 bridgehead atoms. The van der Waals surface area contributed by atoms with Crippen molar-refractivity contribution in [1.82, 2.24) is 19.7 Å². The molecule has 1 N–H and O–H groups in total. The van der Waals surface area contributed by atoms with Crippen molar-refractivity contribution in [2.75, 3.05) is 56.2 Å². The van der Waals surface area contributed by atoms with E-state index in [1.165, 1.54) is 0 Å². The summed E-state index contributed by atoms with van der Waals surface area (Å²) in [4.78, 5) is 21.0. The van der Waals surface area contributed by atoms with E-state index in [2.05, 4.69) is 15.3 Å². The van der Waals surface area contributed by atoms with E-state index in [0.717, 1.165) is 51.9 Å². The molecule has 2 saturated heterocycles. The highest BCUT2D eigenvalue weighted by atomic mass is 19.4. The average Bonchev–Trinajstić information content (AvgIpc) is 3.35. The Hall–Kier alpha value is -3.64. The summed E-state index contributed by atoms with van der Waals surface area (Å²) in [5.41, 5.74) is 4.84. The Morgan fingerprint density at radius 3 is 2.58 bits per heavy atom. The van der Waals surface area contributed by atoms with Crippen LogP contribution in [0.5, 0.6) is 0 Å². The van der Waals surface area contributed by atoms with Gasteiger partial charge in [0.25, 0.3) is 0 Å². The summed E-state index contributed by atoms with van der Waals surface area (Å²) in [5, 5.41) is 7.04. The summed E-state index contributed by atoms with van der Waals surface area (Å²) in [6.45, 7) is 4.00. The maximum absolute atomic E-state index is 13.1. The summed E-state index contributed by atoms with van der Waals surface area (Å²) >= 11 is 0. The summed E-state index contributed by atoms with van der Waals surface area (Å²) in [7, 11) is 1.86. The molecule has 4 heterocycles. The van der Waals surface area contributed by atoms with Crippen molar-refractivity contribution in [3.8, 4) is 22.5 Å². The minimum atomic E-state index is -4.53. The number of aryl methyl sites for hydroxylation is 2. The fraction of sp³-hybridized carbons (Fsp3) is 0.423. The summed E-state index contributed by atoms with van der Waals surface area (Å²) < 4.78 is 51.4. The zero-order valence-corrected chi connectivity index (χ0v) is 21.2. The second-order valence-electron chi connectivity index (χ2n) is 9.35. The van der Waals surface area contributed by atoms with Gasteiger partial charge in [0.2, 0.25) is 0 Å². The first-order valence-corrected chi connectivity index (χ1v) is 12.4. The number of ether oxygens (including phenoxy) is 2. The van der Waals surface area contributed by atoms with Gasteiger partial charge in [0.1, 0.15) is 5.82 Å². The molecule has 2 aliphatic heterocycles. The Labute approximate surface area is 218 Å². The van der Waals surface area contributed by atoms with Crippen molar-refractivity contribution in [3.63, 3.8) is 0 Å². The molecule has 202 valence electrons. The van der Waals surface area contributed by atoms with Gasteiger partial charge in [-0.05, 0) is 53.9 Å². The number of amides is 2. The third-order valence-electron chi connectivity index (χ3n) is 6.75. The topological polar surface area (TPSA) is 84.8 Å². The van der Waals surface area contributed by atoms with E-state index >= 15 is 0 Å². The number of aromatic nitrogens is 3. The van der Waals surface area contributed by atoms with Gasteiger partial charge in [-0.3, -0.25) is 4.68 Å². The van der Waals surface area contributed by atoms with Gasteiger partial charge in [-0.25, -0.2) is 9.78 Å². The highest BCUT2D eigenvalue weighted by Crippen LogP contribution is 2.33. The maximum atomic E-state index is 13.1. The number of alkyl halides is 3. The Kier molecular flexibility index (Phi) is 7.26. The van der Waals surface area contributed by atoms with Crippen LogP contribution in [-0.4, -0.2) is 84.0 Å². The molecular formula is C26H29F3N6O3. The first kappa shape index (κ1) is 26.0. The van der Waals surface area contributed by atoms with Gasteiger partial charge < -0.3 is 24.6 Å². The molecule has 2 aliphatic rings. The summed E-state index contributed by atoms with van der Waals surface area (Å²) in [6.07, 6.45) is -4.80. The molecule has 2 aromatic heterocycles. The van der Waals surface area contributed by atoms with E-state index < -0.39 is 24.9 Å². The highest BCUT2D eigenvalue weighted by molar-refractivity contribution is 5.91. The second-order valence-corrected chi connectivity index (χ2v) is 9.35. The lowest BCUT2D eigenvalue weighted by Gasteiger charge is -2.33. The van der Waals surface area contributed by atoms with Crippen LogP contribution in [0.4, 0.5) is 29.5 Å². The van der Waals surface area contributed by atoms with Crippen LogP contribution in [0.25, 0.3) is 22.5 Å². The second kappa shape index (κ2) is 10.6. The minimum Gasteiger partial charge on any atom is -0.378 e. The van der Waals surface area contributed by atoms with Crippen LogP contribution in [0.3, 0.4) is 0 Å². The smallest absolute Gasteiger partial charge is 0.378 e. The number of nitrogens with one attached hydrogen (secondary N) is 1. The number of morpholine rings is 2. The van der Waals surface area contributed by atoms with Crippen LogP contribution in [0, 0.1) is 6.92 Å². The summed E-state index contributed by atoms with van der Waals surface area (Å²) in [5.74, 6) is 0.808. The maximum Gasteiger partial charge on any atom is 0.416 e. The number of hydrogen-bond acceptors (Lipinski definition) is 6. The normalized spacial score (nSPS) is 18.5. The van der Waals surface area contributed by atoms with Crippen molar-refractivity contribution in [3.05, 3.63) is 48.2 Å². The number of carbonyl (C=O) groups is 1. The van der Waals surface area contributed by atoms with E-state index in [1.807, 2.05) is 44.3 Å². The SMILES string of the molecule is Cc1ccc(NC(=O)N2CCOC(C(F)(F)F)C2)cc1-c1cc(-c2ccnn2C)nc(N2CCOCC2)c1. The van der Waals surface area contributed by atoms with E-state index in [1.54, 1.807) is 16.9 Å². The van der Waals surface area contributed by atoms with E-state index in [9.17, 15) is 18.0 Å². The van der Waals surface area contributed by atoms with Gasteiger partial charge in [-0.1, -0.05) is 6.07 Å². The number of benzene rings is 1. The number of halogens is 3. The van der Waals surface area contributed by atoms with E-state index in [4.69, 9.17) is 14.5 Å². The third-order valence-corrected chi connectivity index (χ3v) is 6.75. The number of rotatable bonds is 4. The van der Waals surface area contributed by atoms with Crippen LogP contribution in [0.15, 0.2) is 42.6 Å². The fourth-order valence-electron chi connectivity index (χ4n) is 4.63. The average molecular weight is 531 g/mol. The molecule has 5 rings (SSSR count). The molecule has 0 spiro atoms. The molecule has 1 atom stereocenters. The van der Waals surface area contributed by atoms with Crippen LogP contribution in [0.1, 0.15) is 5.56 Å². The van der Waals surface area contributed by atoms with Crippen molar-refractivity contribution in [1.29, 1.82) is 0 Å². The molecule has 0 radical (unpaired) electrons. The predicted molar refractivity (Wildman–Crippen MR) is 136 cm³/mol. The first-order chi connectivity index (χ1) is 18.2. The molecule has 38 heavy (non-hydrogen) atoms. The van der Waals surface area contributed by atoms with Crippen molar-refractivity contribution in [2.24, 2.45) is 7.05 Å². The molecule has 0 saturated carbocycles. The molecule has 1 aromatic carbocycles. The number of carbonyl (C=O) groups excluding carboxylic acids is 1.